The number of likely N-dealkylation sites (tertiary alicyclic amines) is 1. The summed E-state index contributed by atoms with van der Waals surface area (Å²) in [4.78, 5) is 14.3. The number of hydrogen-bond acceptors (Lipinski definition) is 2. The van der Waals surface area contributed by atoms with E-state index in [0.29, 0.717) is 18.4 Å². The van der Waals surface area contributed by atoms with Crippen molar-refractivity contribution in [3.05, 3.63) is 0 Å². The third-order valence-electron chi connectivity index (χ3n) is 4.13. The molecule has 3 heteroatoms. The molecule has 0 spiro atoms. The summed E-state index contributed by atoms with van der Waals surface area (Å²) in [5, 5.41) is 0. The Morgan fingerprint density at radius 2 is 2.12 bits per heavy atom. The van der Waals surface area contributed by atoms with Gasteiger partial charge in [0.1, 0.15) is 0 Å². The normalized spacial score (nSPS) is 31.2. The Kier molecular flexibility index (Phi) is 3.85. The summed E-state index contributed by atoms with van der Waals surface area (Å²) in [6.07, 6.45) is 7.88. The van der Waals surface area contributed by atoms with Crippen molar-refractivity contribution in [2.45, 2.75) is 64.0 Å². The highest BCUT2D eigenvalue weighted by Gasteiger charge is 2.36. The van der Waals surface area contributed by atoms with Crippen LogP contribution in [-0.2, 0) is 4.79 Å². The fourth-order valence-corrected chi connectivity index (χ4v) is 3.26. The Bertz CT molecular complexity index is 252. The molecule has 1 aliphatic carbocycles. The summed E-state index contributed by atoms with van der Waals surface area (Å²) in [7, 11) is 0. The molecule has 1 amide bonds. The van der Waals surface area contributed by atoms with Crippen LogP contribution in [-0.4, -0.2) is 29.4 Å². The quantitative estimate of drug-likeness (QED) is 0.796. The van der Waals surface area contributed by atoms with Gasteiger partial charge in [0, 0.05) is 25.0 Å². The van der Waals surface area contributed by atoms with E-state index in [-0.39, 0.29) is 6.04 Å². The first-order valence-corrected chi connectivity index (χ1v) is 6.73. The van der Waals surface area contributed by atoms with Gasteiger partial charge in [0.15, 0.2) is 0 Å². The predicted octanol–water partition coefficient (Wildman–Crippen LogP) is 1.90. The van der Waals surface area contributed by atoms with Crippen LogP contribution in [0.25, 0.3) is 0 Å². The van der Waals surface area contributed by atoms with Crippen molar-refractivity contribution >= 4 is 5.91 Å². The summed E-state index contributed by atoms with van der Waals surface area (Å²) in [5.74, 6) is 1.14. The Balaban J connectivity index is 1.89. The lowest BCUT2D eigenvalue weighted by Gasteiger charge is -2.38. The van der Waals surface area contributed by atoms with Gasteiger partial charge in [-0.2, -0.15) is 0 Å². The zero-order valence-electron chi connectivity index (χ0n) is 10.3. The third kappa shape index (κ3) is 2.57. The fraction of sp³-hybridized carbons (Fsp3) is 0.923. The molecule has 0 bridgehead atoms. The van der Waals surface area contributed by atoms with E-state index in [4.69, 9.17) is 5.73 Å². The topological polar surface area (TPSA) is 46.3 Å². The number of rotatable bonds is 3. The first-order valence-electron chi connectivity index (χ1n) is 6.73. The second-order valence-corrected chi connectivity index (χ2v) is 5.50. The predicted molar refractivity (Wildman–Crippen MR) is 65.0 cm³/mol. The lowest BCUT2D eigenvalue weighted by molar-refractivity contribution is -0.136. The van der Waals surface area contributed by atoms with Crippen LogP contribution in [0.2, 0.25) is 0 Å². The van der Waals surface area contributed by atoms with E-state index in [1.165, 1.54) is 32.1 Å². The maximum Gasteiger partial charge on any atom is 0.222 e. The molecule has 3 unspecified atom stereocenters. The van der Waals surface area contributed by atoms with Crippen molar-refractivity contribution in [3.8, 4) is 0 Å². The van der Waals surface area contributed by atoms with Gasteiger partial charge in [-0.1, -0.05) is 6.42 Å². The minimum atomic E-state index is 0.146. The van der Waals surface area contributed by atoms with Gasteiger partial charge in [-0.25, -0.2) is 0 Å². The van der Waals surface area contributed by atoms with Gasteiger partial charge in [-0.3, -0.25) is 4.79 Å². The molecule has 2 N–H and O–H groups in total. The van der Waals surface area contributed by atoms with Crippen LogP contribution in [0.5, 0.6) is 0 Å². The number of carbonyl (C=O) groups is 1. The summed E-state index contributed by atoms with van der Waals surface area (Å²) in [6, 6.07) is 0.711. The fourth-order valence-electron chi connectivity index (χ4n) is 3.26. The van der Waals surface area contributed by atoms with Crippen molar-refractivity contribution < 1.29 is 4.79 Å². The largest absolute Gasteiger partial charge is 0.339 e. The second kappa shape index (κ2) is 5.17. The van der Waals surface area contributed by atoms with Gasteiger partial charge in [0.25, 0.3) is 0 Å². The highest BCUT2D eigenvalue weighted by Crippen LogP contribution is 2.36. The highest BCUT2D eigenvalue weighted by atomic mass is 16.2. The monoisotopic (exact) mass is 224 g/mol. The number of nitrogens with zero attached hydrogens (tertiary/aromatic N) is 1. The standard InChI is InChI=1S/C13H24N2O/c1-10(14)7-8-13(16)15-9-3-5-11-4-2-6-12(11)15/h10-12H,2-9,14H2,1H3. The molecule has 2 aliphatic rings. The summed E-state index contributed by atoms with van der Waals surface area (Å²) in [6.45, 7) is 2.96. The SMILES string of the molecule is CC(N)CCC(=O)N1CCCC2CCCC21. The number of nitrogens with two attached hydrogens (primary N) is 1. The van der Waals surface area contributed by atoms with Gasteiger partial charge in [0.2, 0.25) is 5.91 Å². The van der Waals surface area contributed by atoms with Gasteiger partial charge in [-0.05, 0) is 44.9 Å². The van der Waals surface area contributed by atoms with Crippen molar-refractivity contribution in [2.75, 3.05) is 6.54 Å². The molecule has 0 radical (unpaired) electrons. The molecule has 92 valence electrons. The maximum absolute atomic E-state index is 12.1. The maximum atomic E-state index is 12.1. The van der Waals surface area contributed by atoms with E-state index in [1.807, 2.05) is 6.92 Å². The molecule has 0 aromatic rings. The van der Waals surface area contributed by atoms with Crippen molar-refractivity contribution in [3.63, 3.8) is 0 Å². The average molecular weight is 224 g/mol. The van der Waals surface area contributed by atoms with Crippen molar-refractivity contribution in [1.29, 1.82) is 0 Å². The molecule has 1 aliphatic heterocycles. The lowest BCUT2D eigenvalue weighted by Crippen LogP contribution is -2.46. The molecule has 2 rings (SSSR count). The van der Waals surface area contributed by atoms with Gasteiger partial charge in [0.05, 0.1) is 0 Å². The minimum Gasteiger partial charge on any atom is -0.339 e. The first kappa shape index (κ1) is 11.9. The molecule has 3 atom stereocenters. The molecular weight excluding hydrogens is 200 g/mol. The molecule has 3 nitrogen and oxygen atoms in total. The molecule has 16 heavy (non-hydrogen) atoms. The van der Waals surface area contributed by atoms with Gasteiger partial charge < -0.3 is 10.6 Å². The van der Waals surface area contributed by atoms with Crippen LogP contribution in [0.15, 0.2) is 0 Å². The highest BCUT2D eigenvalue weighted by molar-refractivity contribution is 5.76. The first-order chi connectivity index (χ1) is 7.68. The Morgan fingerprint density at radius 3 is 2.88 bits per heavy atom. The molecule has 0 aromatic heterocycles. The molecule has 1 saturated carbocycles. The van der Waals surface area contributed by atoms with E-state index in [0.717, 1.165) is 18.9 Å². The number of piperidine rings is 1. The number of hydrogen-bond donors (Lipinski definition) is 1. The van der Waals surface area contributed by atoms with Crippen LogP contribution in [0.4, 0.5) is 0 Å². The average Bonchev–Trinajstić information content (AvgIpc) is 2.73. The van der Waals surface area contributed by atoms with Crippen LogP contribution in [0.1, 0.15) is 51.9 Å². The molecule has 1 heterocycles. The molecule has 1 saturated heterocycles. The second-order valence-electron chi connectivity index (χ2n) is 5.50. The van der Waals surface area contributed by atoms with E-state index < -0.39 is 0 Å². The summed E-state index contributed by atoms with van der Waals surface area (Å²) < 4.78 is 0. The Morgan fingerprint density at radius 1 is 1.38 bits per heavy atom. The summed E-state index contributed by atoms with van der Waals surface area (Å²) in [5.41, 5.74) is 5.71. The van der Waals surface area contributed by atoms with Crippen molar-refractivity contribution in [1.82, 2.24) is 4.90 Å². The Labute approximate surface area is 98.4 Å². The zero-order valence-corrected chi connectivity index (χ0v) is 10.3. The van der Waals surface area contributed by atoms with Crippen LogP contribution >= 0.6 is 0 Å². The smallest absolute Gasteiger partial charge is 0.222 e. The van der Waals surface area contributed by atoms with Gasteiger partial charge in [-0.15, -0.1) is 0 Å². The molecule has 0 aromatic carbocycles. The minimum absolute atomic E-state index is 0.146. The zero-order chi connectivity index (χ0) is 11.5. The molecular formula is C13H24N2O. The van der Waals surface area contributed by atoms with Crippen LogP contribution < -0.4 is 5.73 Å². The Hall–Kier alpha value is -0.570. The van der Waals surface area contributed by atoms with E-state index in [9.17, 15) is 4.79 Å². The third-order valence-corrected chi connectivity index (χ3v) is 4.13. The van der Waals surface area contributed by atoms with E-state index in [2.05, 4.69) is 4.90 Å². The van der Waals surface area contributed by atoms with Crippen LogP contribution in [0, 0.1) is 5.92 Å². The number of amides is 1. The van der Waals surface area contributed by atoms with Gasteiger partial charge >= 0.3 is 0 Å². The number of carbonyl (C=O) groups excluding carboxylic acids is 1. The van der Waals surface area contributed by atoms with Crippen LogP contribution in [0.3, 0.4) is 0 Å². The molecule has 2 fully saturated rings. The van der Waals surface area contributed by atoms with Crippen molar-refractivity contribution in [2.24, 2.45) is 11.7 Å². The number of fused-ring (bicyclic) bond motifs is 1. The lowest BCUT2D eigenvalue weighted by atomic mass is 9.91. The summed E-state index contributed by atoms with van der Waals surface area (Å²) >= 11 is 0. The van der Waals surface area contributed by atoms with E-state index in [1.54, 1.807) is 0 Å². The van der Waals surface area contributed by atoms with E-state index >= 15 is 0 Å².